The van der Waals surface area contributed by atoms with E-state index in [9.17, 15) is 5.11 Å². The van der Waals surface area contributed by atoms with E-state index < -0.39 is 0 Å². The van der Waals surface area contributed by atoms with Gasteiger partial charge in [0.1, 0.15) is 5.82 Å². The highest BCUT2D eigenvalue weighted by molar-refractivity contribution is 4.91. The van der Waals surface area contributed by atoms with Crippen LogP contribution in [0.5, 0.6) is 0 Å². The molecule has 2 N–H and O–H groups in total. The van der Waals surface area contributed by atoms with Crippen molar-refractivity contribution < 1.29 is 5.11 Å². The van der Waals surface area contributed by atoms with E-state index in [1.807, 2.05) is 38.0 Å². The summed E-state index contributed by atoms with van der Waals surface area (Å²) in [7, 11) is 5.96. The average Bonchev–Trinajstić information content (AvgIpc) is 2.72. The molecule has 1 heterocycles. The Morgan fingerprint density at radius 2 is 2.29 bits per heavy atom. The summed E-state index contributed by atoms with van der Waals surface area (Å²) in [4.78, 5) is 6.51. The van der Waals surface area contributed by atoms with Crippen molar-refractivity contribution in [2.24, 2.45) is 7.05 Å². The highest BCUT2D eigenvalue weighted by Gasteiger charge is 2.21. The molecule has 1 aromatic heterocycles. The highest BCUT2D eigenvalue weighted by atomic mass is 16.3. The van der Waals surface area contributed by atoms with Gasteiger partial charge in [-0.25, -0.2) is 4.98 Å². The summed E-state index contributed by atoms with van der Waals surface area (Å²) < 4.78 is 2.03. The van der Waals surface area contributed by atoms with Gasteiger partial charge in [-0.05, 0) is 27.4 Å². The molecule has 0 amide bonds. The first-order valence-electron chi connectivity index (χ1n) is 5.95. The molecule has 0 fully saturated rings. The molecule has 0 spiro atoms. The number of likely N-dealkylation sites (N-methyl/N-ethyl adjacent to an activating group) is 1. The van der Waals surface area contributed by atoms with Crippen molar-refractivity contribution in [3.8, 4) is 0 Å². The Morgan fingerprint density at radius 3 is 2.76 bits per heavy atom. The van der Waals surface area contributed by atoms with Crippen LogP contribution in [0.3, 0.4) is 0 Å². The Labute approximate surface area is 103 Å². The predicted molar refractivity (Wildman–Crippen MR) is 68.7 cm³/mol. The molecule has 0 saturated carbocycles. The number of aryl methyl sites for hydroxylation is 1. The van der Waals surface area contributed by atoms with Crippen LogP contribution in [0.1, 0.15) is 19.2 Å². The maximum atomic E-state index is 9.30. The minimum Gasteiger partial charge on any atom is -0.394 e. The molecule has 17 heavy (non-hydrogen) atoms. The molecule has 5 heteroatoms. The van der Waals surface area contributed by atoms with Crippen LogP contribution >= 0.6 is 0 Å². The Balaban J connectivity index is 2.40. The van der Waals surface area contributed by atoms with Gasteiger partial charge in [0.15, 0.2) is 0 Å². The lowest BCUT2D eigenvalue weighted by Crippen LogP contribution is -2.45. The number of aromatic nitrogens is 2. The number of rotatable bonds is 7. The molecule has 1 rings (SSSR count). The maximum Gasteiger partial charge on any atom is 0.122 e. The molecule has 1 aromatic rings. The summed E-state index contributed by atoms with van der Waals surface area (Å²) in [5.41, 5.74) is -0.199. The second-order valence-electron chi connectivity index (χ2n) is 4.91. The van der Waals surface area contributed by atoms with E-state index in [0.29, 0.717) is 0 Å². The van der Waals surface area contributed by atoms with Crippen molar-refractivity contribution in [3.63, 3.8) is 0 Å². The third-order valence-corrected chi connectivity index (χ3v) is 3.33. The van der Waals surface area contributed by atoms with E-state index in [1.165, 1.54) is 0 Å². The van der Waals surface area contributed by atoms with Crippen LogP contribution < -0.4 is 5.32 Å². The fraction of sp³-hybridized carbons (Fsp3) is 0.750. The molecular formula is C12H24N4O. The van der Waals surface area contributed by atoms with Crippen molar-refractivity contribution in [1.29, 1.82) is 0 Å². The molecule has 1 atom stereocenters. The number of hydrogen-bond acceptors (Lipinski definition) is 4. The highest BCUT2D eigenvalue weighted by Crippen LogP contribution is 2.09. The van der Waals surface area contributed by atoms with Crippen molar-refractivity contribution in [2.45, 2.75) is 25.4 Å². The molecule has 0 aliphatic carbocycles. The van der Waals surface area contributed by atoms with E-state index in [4.69, 9.17) is 0 Å². The molecular weight excluding hydrogens is 216 g/mol. The van der Waals surface area contributed by atoms with Crippen molar-refractivity contribution in [3.05, 3.63) is 18.2 Å². The fourth-order valence-corrected chi connectivity index (χ4v) is 1.59. The molecule has 0 aliphatic heterocycles. The molecule has 0 radical (unpaired) electrons. The maximum absolute atomic E-state index is 9.30. The summed E-state index contributed by atoms with van der Waals surface area (Å²) in [5, 5.41) is 12.5. The number of aliphatic hydroxyl groups excluding tert-OH is 1. The van der Waals surface area contributed by atoms with Crippen LogP contribution in [0.25, 0.3) is 0 Å². The van der Waals surface area contributed by atoms with Crippen LogP contribution in [-0.2, 0) is 13.6 Å². The van der Waals surface area contributed by atoms with Gasteiger partial charge in [-0.3, -0.25) is 4.90 Å². The number of imidazole rings is 1. The predicted octanol–water partition coefficient (Wildman–Crippen LogP) is 0.212. The zero-order valence-corrected chi connectivity index (χ0v) is 11.3. The quantitative estimate of drug-likeness (QED) is 0.715. The third kappa shape index (κ3) is 4.11. The van der Waals surface area contributed by atoms with Crippen LogP contribution in [0.4, 0.5) is 0 Å². The SMILES string of the molecule is CNC(C)(CO)CCN(C)Cc1nccn1C. The number of nitrogens with one attached hydrogen (secondary N) is 1. The first-order chi connectivity index (χ1) is 8.00. The van der Waals surface area contributed by atoms with Crippen LogP contribution in [0.15, 0.2) is 12.4 Å². The Morgan fingerprint density at radius 1 is 1.59 bits per heavy atom. The molecule has 0 saturated heterocycles. The number of hydrogen-bond donors (Lipinski definition) is 2. The molecule has 0 bridgehead atoms. The molecule has 1 unspecified atom stereocenters. The van der Waals surface area contributed by atoms with Gasteiger partial charge in [-0.1, -0.05) is 0 Å². The Hall–Kier alpha value is -0.910. The lowest BCUT2D eigenvalue weighted by atomic mass is 9.99. The standard InChI is InChI=1S/C12H24N4O/c1-12(10-17,13-2)5-7-15(3)9-11-14-6-8-16(11)4/h6,8,13,17H,5,7,9-10H2,1-4H3. The summed E-state index contributed by atoms with van der Waals surface area (Å²) >= 11 is 0. The smallest absolute Gasteiger partial charge is 0.122 e. The first kappa shape index (κ1) is 14.2. The van der Waals surface area contributed by atoms with Gasteiger partial charge >= 0.3 is 0 Å². The van der Waals surface area contributed by atoms with E-state index in [1.54, 1.807) is 0 Å². The lowest BCUT2D eigenvalue weighted by Gasteiger charge is -2.29. The molecule has 5 nitrogen and oxygen atoms in total. The number of aliphatic hydroxyl groups is 1. The Bertz CT molecular complexity index is 333. The topological polar surface area (TPSA) is 53.3 Å². The van der Waals surface area contributed by atoms with Gasteiger partial charge in [-0.15, -0.1) is 0 Å². The van der Waals surface area contributed by atoms with E-state index in [2.05, 4.69) is 22.2 Å². The zero-order chi connectivity index (χ0) is 12.9. The largest absolute Gasteiger partial charge is 0.394 e. The van der Waals surface area contributed by atoms with Gasteiger partial charge < -0.3 is 15.0 Å². The lowest BCUT2D eigenvalue weighted by molar-refractivity contribution is 0.156. The summed E-state index contributed by atoms with van der Waals surface area (Å²) in [6.45, 7) is 3.93. The second kappa shape index (κ2) is 6.14. The molecule has 98 valence electrons. The van der Waals surface area contributed by atoms with E-state index >= 15 is 0 Å². The third-order valence-electron chi connectivity index (χ3n) is 3.33. The van der Waals surface area contributed by atoms with Crippen molar-refractivity contribution in [2.75, 3.05) is 27.2 Å². The summed E-state index contributed by atoms with van der Waals surface area (Å²) in [5.74, 6) is 1.06. The molecule has 0 aliphatic rings. The Kier molecular flexibility index (Phi) is 5.11. The van der Waals surface area contributed by atoms with Gasteiger partial charge in [-0.2, -0.15) is 0 Å². The first-order valence-corrected chi connectivity index (χ1v) is 5.95. The van der Waals surface area contributed by atoms with Gasteiger partial charge in [0, 0.05) is 31.5 Å². The van der Waals surface area contributed by atoms with Crippen molar-refractivity contribution >= 4 is 0 Å². The fourth-order valence-electron chi connectivity index (χ4n) is 1.59. The van der Waals surface area contributed by atoms with Gasteiger partial charge in [0.05, 0.1) is 13.2 Å². The average molecular weight is 240 g/mol. The van der Waals surface area contributed by atoms with Crippen LogP contribution in [0, 0.1) is 0 Å². The van der Waals surface area contributed by atoms with Crippen LogP contribution in [0.2, 0.25) is 0 Å². The van der Waals surface area contributed by atoms with E-state index in [0.717, 1.165) is 25.3 Å². The van der Waals surface area contributed by atoms with Gasteiger partial charge in [0.25, 0.3) is 0 Å². The molecule has 0 aromatic carbocycles. The number of nitrogens with zero attached hydrogens (tertiary/aromatic N) is 3. The zero-order valence-electron chi connectivity index (χ0n) is 11.3. The monoisotopic (exact) mass is 240 g/mol. The van der Waals surface area contributed by atoms with Gasteiger partial charge in [0.2, 0.25) is 0 Å². The summed E-state index contributed by atoms with van der Waals surface area (Å²) in [6, 6.07) is 0. The normalized spacial score (nSPS) is 15.2. The second-order valence-corrected chi connectivity index (χ2v) is 4.91. The van der Waals surface area contributed by atoms with E-state index in [-0.39, 0.29) is 12.1 Å². The summed E-state index contributed by atoms with van der Waals surface area (Å²) in [6.07, 6.45) is 4.67. The minimum atomic E-state index is -0.199. The van der Waals surface area contributed by atoms with Crippen molar-refractivity contribution in [1.82, 2.24) is 19.8 Å². The minimum absolute atomic E-state index is 0.153. The van der Waals surface area contributed by atoms with Crippen LogP contribution in [-0.4, -0.2) is 52.3 Å².